The van der Waals surface area contributed by atoms with E-state index in [0.717, 1.165) is 28.3 Å². The number of anilines is 1. The molecule has 3 rings (SSSR count). The molecule has 7 heteroatoms. The lowest BCUT2D eigenvalue weighted by molar-refractivity contribution is -0.123. The van der Waals surface area contributed by atoms with Crippen molar-refractivity contribution in [2.45, 2.75) is 26.7 Å². The number of aromatic hydroxyl groups is 1. The van der Waals surface area contributed by atoms with Gasteiger partial charge in [0.05, 0.1) is 5.69 Å². The number of hydrogen-bond acceptors (Lipinski definition) is 4. The highest BCUT2D eigenvalue weighted by Gasteiger charge is 2.42. The number of phenols is 1. The molecule has 0 saturated carbocycles. The number of benzene rings is 1. The molecule has 1 amide bonds. The van der Waals surface area contributed by atoms with Crippen molar-refractivity contribution in [3.8, 4) is 5.75 Å². The Hall–Kier alpha value is -1.76. The Labute approximate surface area is 124 Å². The van der Waals surface area contributed by atoms with Gasteiger partial charge in [0, 0.05) is 7.05 Å². The molecule has 114 valence electrons. The van der Waals surface area contributed by atoms with Crippen molar-refractivity contribution in [2.24, 2.45) is 5.41 Å². The molecule has 1 heterocycles. The summed E-state index contributed by atoms with van der Waals surface area (Å²) in [6.45, 7) is 4.00. The number of amides is 1. The first-order valence-corrected chi connectivity index (χ1v) is 8.16. The number of nitrogens with zero attached hydrogens (tertiary/aromatic N) is 2. The molecule has 1 aliphatic heterocycles. The quantitative estimate of drug-likeness (QED) is 0.841. The Balaban J connectivity index is 2.08. The molecule has 0 unspecified atom stereocenters. The topological polar surface area (TPSA) is 77.9 Å². The minimum Gasteiger partial charge on any atom is -0.506 e. The van der Waals surface area contributed by atoms with Crippen LogP contribution in [-0.2, 0) is 27.8 Å². The first kappa shape index (κ1) is 14.2. The molecule has 6 nitrogen and oxygen atoms in total. The molecule has 1 fully saturated rings. The van der Waals surface area contributed by atoms with Gasteiger partial charge in [-0.2, -0.15) is 8.42 Å². The van der Waals surface area contributed by atoms with Gasteiger partial charge in [0.15, 0.2) is 0 Å². The summed E-state index contributed by atoms with van der Waals surface area (Å²) in [5, 5.41) is 10.2. The second-order valence-corrected chi connectivity index (χ2v) is 8.39. The predicted octanol–water partition coefficient (Wildman–Crippen LogP) is 1.04. The van der Waals surface area contributed by atoms with Gasteiger partial charge in [-0.1, -0.05) is 13.8 Å². The van der Waals surface area contributed by atoms with Crippen LogP contribution in [0.15, 0.2) is 12.1 Å². The molecule has 0 atom stereocenters. The molecule has 21 heavy (non-hydrogen) atoms. The molecule has 1 saturated heterocycles. The van der Waals surface area contributed by atoms with E-state index >= 15 is 0 Å². The maximum atomic E-state index is 12.2. The standard InChI is InChI=1S/C14H18N2O4S/c1-14(2)6-9-4-11(12(17)5-10(9)7-14)16-8-13(18)15(3)21(16,19)20/h4-5,17H,6-8H2,1-3H3. The van der Waals surface area contributed by atoms with Crippen molar-refractivity contribution in [1.29, 1.82) is 0 Å². The summed E-state index contributed by atoms with van der Waals surface area (Å²) in [6.07, 6.45) is 1.68. The average Bonchev–Trinajstić information content (AvgIpc) is 2.75. The third kappa shape index (κ3) is 2.07. The zero-order valence-corrected chi connectivity index (χ0v) is 13.1. The van der Waals surface area contributed by atoms with Crippen LogP contribution in [0.3, 0.4) is 0 Å². The number of hydrogen-bond donors (Lipinski definition) is 1. The molecule has 1 aromatic rings. The van der Waals surface area contributed by atoms with Crippen molar-refractivity contribution in [3.05, 3.63) is 23.3 Å². The zero-order chi connectivity index (χ0) is 15.6. The number of carbonyl (C=O) groups excluding carboxylic acids is 1. The lowest BCUT2D eigenvalue weighted by atomic mass is 9.90. The molecular formula is C14H18N2O4S. The van der Waals surface area contributed by atoms with E-state index in [1.807, 2.05) is 0 Å². The van der Waals surface area contributed by atoms with E-state index in [0.29, 0.717) is 4.31 Å². The van der Waals surface area contributed by atoms with Gasteiger partial charge in [-0.15, -0.1) is 0 Å². The van der Waals surface area contributed by atoms with E-state index in [9.17, 15) is 18.3 Å². The minimum absolute atomic E-state index is 0.0990. The van der Waals surface area contributed by atoms with E-state index in [4.69, 9.17) is 0 Å². The summed E-state index contributed by atoms with van der Waals surface area (Å²) in [4.78, 5) is 11.6. The second-order valence-electron chi connectivity index (χ2n) is 6.50. The molecule has 1 aliphatic carbocycles. The number of phenolic OH excluding ortho intramolecular Hbond substituents is 1. The number of carbonyl (C=O) groups is 1. The van der Waals surface area contributed by atoms with Gasteiger partial charge in [-0.3, -0.25) is 4.79 Å². The van der Waals surface area contributed by atoms with Gasteiger partial charge in [0.2, 0.25) is 0 Å². The Kier molecular flexibility index (Phi) is 2.79. The maximum Gasteiger partial charge on any atom is 0.329 e. The third-order valence-corrected chi connectivity index (χ3v) is 5.94. The fourth-order valence-corrected chi connectivity index (χ4v) is 4.35. The number of fused-ring (bicyclic) bond motifs is 1. The van der Waals surface area contributed by atoms with Gasteiger partial charge in [0.25, 0.3) is 5.91 Å². The first-order chi connectivity index (χ1) is 9.62. The normalized spacial score (nSPS) is 22.7. The van der Waals surface area contributed by atoms with E-state index in [1.54, 1.807) is 12.1 Å². The van der Waals surface area contributed by atoms with E-state index < -0.39 is 16.1 Å². The fourth-order valence-electron chi connectivity index (χ4n) is 3.08. The third-order valence-electron chi connectivity index (χ3n) is 4.16. The fraction of sp³-hybridized carbons (Fsp3) is 0.500. The first-order valence-electron chi connectivity index (χ1n) is 6.76. The largest absolute Gasteiger partial charge is 0.506 e. The van der Waals surface area contributed by atoms with E-state index in [1.165, 1.54) is 7.05 Å². The highest BCUT2D eigenvalue weighted by molar-refractivity contribution is 7.91. The van der Waals surface area contributed by atoms with Crippen LogP contribution < -0.4 is 4.31 Å². The summed E-state index contributed by atoms with van der Waals surface area (Å²) in [7, 11) is -2.65. The smallest absolute Gasteiger partial charge is 0.329 e. The van der Waals surface area contributed by atoms with Crippen molar-refractivity contribution >= 4 is 21.8 Å². The maximum absolute atomic E-state index is 12.2. The summed E-state index contributed by atoms with van der Waals surface area (Å²) < 4.78 is 26.1. The van der Waals surface area contributed by atoms with Crippen LogP contribution in [0.25, 0.3) is 0 Å². The molecular weight excluding hydrogens is 292 g/mol. The van der Waals surface area contributed by atoms with Crippen molar-refractivity contribution in [2.75, 3.05) is 17.9 Å². The van der Waals surface area contributed by atoms with Gasteiger partial charge in [0.1, 0.15) is 12.3 Å². The van der Waals surface area contributed by atoms with E-state index in [2.05, 4.69) is 13.8 Å². The molecule has 0 radical (unpaired) electrons. The molecule has 0 bridgehead atoms. The Bertz CT molecular complexity index is 740. The Morgan fingerprint density at radius 2 is 1.76 bits per heavy atom. The van der Waals surface area contributed by atoms with Crippen molar-refractivity contribution < 1.29 is 18.3 Å². The highest BCUT2D eigenvalue weighted by Crippen LogP contribution is 2.42. The molecule has 0 spiro atoms. The molecule has 1 aromatic carbocycles. The van der Waals surface area contributed by atoms with Crippen LogP contribution in [0.2, 0.25) is 0 Å². The number of likely N-dealkylation sites (N-methyl/N-ethyl adjacent to an activating group) is 1. The molecule has 2 aliphatic rings. The SMILES string of the molecule is CN1C(=O)CN(c2cc3c(cc2O)CC(C)(C)C3)S1(=O)=O. The van der Waals surface area contributed by atoms with Gasteiger partial charge < -0.3 is 5.11 Å². The lowest BCUT2D eigenvalue weighted by Crippen LogP contribution is -2.31. The van der Waals surface area contributed by atoms with Crippen molar-refractivity contribution in [1.82, 2.24) is 4.31 Å². The monoisotopic (exact) mass is 310 g/mol. The van der Waals surface area contributed by atoms with Gasteiger partial charge in [-0.05, 0) is 41.5 Å². The predicted molar refractivity (Wildman–Crippen MR) is 78.3 cm³/mol. The molecule has 0 aromatic heterocycles. The summed E-state index contributed by atoms with van der Waals surface area (Å²) in [5.74, 6) is -0.603. The van der Waals surface area contributed by atoms with Crippen LogP contribution in [0.4, 0.5) is 5.69 Å². The number of rotatable bonds is 1. The van der Waals surface area contributed by atoms with Crippen LogP contribution in [0, 0.1) is 5.41 Å². The van der Waals surface area contributed by atoms with Crippen LogP contribution in [-0.4, -0.2) is 37.3 Å². The Morgan fingerprint density at radius 3 is 2.29 bits per heavy atom. The lowest BCUT2D eigenvalue weighted by Gasteiger charge is -2.19. The summed E-state index contributed by atoms with van der Waals surface area (Å²) in [5.41, 5.74) is 2.36. The van der Waals surface area contributed by atoms with Crippen LogP contribution in [0.5, 0.6) is 5.75 Å². The zero-order valence-electron chi connectivity index (χ0n) is 12.3. The summed E-state index contributed by atoms with van der Waals surface area (Å²) >= 11 is 0. The minimum atomic E-state index is -3.88. The van der Waals surface area contributed by atoms with Gasteiger partial charge in [-0.25, -0.2) is 8.61 Å². The second kappa shape index (κ2) is 4.13. The van der Waals surface area contributed by atoms with Crippen LogP contribution in [0.1, 0.15) is 25.0 Å². The van der Waals surface area contributed by atoms with Gasteiger partial charge >= 0.3 is 10.2 Å². The van der Waals surface area contributed by atoms with E-state index in [-0.39, 0.29) is 23.4 Å². The average molecular weight is 310 g/mol. The highest BCUT2D eigenvalue weighted by atomic mass is 32.2. The molecule has 1 N–H and O–H groups in total. The summed E-state index contributed by atoms with van der Waals surface area (Å²) in [6, 6.07) is 3.32. The Morgan fingerprint density at radius 1 is 1.19 bits per heavy atom. The van der Waals surface area contributed by atoms with Crippen molar-refractivity contribution in [3.63, 3.8) is 0 Å². The van der Waals surface area contributed by atoms with Crippen LogP contribution >= 0.6 is 0 Å².